The van der Waals surface area contributed by atoms with Crippen LogP contribution in [0.25, 0.3) is 0 Å². The molecule has 0 saturated heterocycles. The van der Waals surface area contributed by atoms with Crippen LogP contribution < -0.4 is 0 Å². The molecule has 0 heterocycles. The van der Waals surface area contributed by atoms with Crippen LogP contribution in [0.4, 0.5) is 13.2 Å². The molecular weight excluding hydrogens is 321 g/mol. The maximum atomic E-state index is 14.4. The zero-order valence-electron chi connectivity index (χ0n) is 14.2. The van der Waals surface area contributed by atoms with Gasteiger partial charge in [0.2, 0.25) is 0 Å². The van der Waals surface area contributed by atoms with Gasteiger partial charge in [-0.25, -0.2) is 13.2 Å². The Hall–Kier alpha value is -2.55. The third-order valence-corrected chi connectivity index (χ3v) is 4.35. The monoisotopic (exact) mass is 340 g/mol. The molecule has 0 amide bonds. The van der Waals surface area contributed by atoms with E-state index in [9.17, 15) is 13.2 Å². The van der Waals surface area contributed by atoms with Gasteiger partial charge in [-0.2, -0.15) is 0 Å². The summed E-state index contributed by atoms with van der Waals surface area (Å²) in [5.41, 5.74) is 3.64. The van der Waals surface area contributed by atoms with Crippen LogP contribution in [-0.2, 0) is 12.8 Å². The van der Waals surface area contributed by atoms with Crippen molar-refractivity contribution in [2.45, 2.75) is 26.7 Å². The fourth-order valence-corrected chi connectivity index (χ4v) is 2.83. The molecule has 0 bridgehead atoms. The Bertz CT molecular complexity index is 896. The van der Waals surface area contributed by atoms with E-state index in [0.717, 1.165) is 16.7 Å². The van der Waals surface area contributed by atoms with Gasteiger partial charge >= 0.3 is 0 Å². The van der Waals surface area contributed by atoms with Gasteiger partial charge in [0.25, 0.3) is 0 Å². The van der Waals surface area contributed by atoms with Crippen LogP contribution in [0.2, 0.25) is 0 Å². The summed E-state index contributed by atoms with van der Waals surface area (Å²) in [7, 11) is 0. The lowest BCUT2D eigenvalue weighted by atomic mass is 9.98. The molecule has 3 heteroatoms. The summed E-state index contributed by atoms with van der Waals surface area (Å²) in [5, 5.41) is 0. The van der Waals surface area contributed by atoms with Crippen LogP contribution in [0.15, 0.2) is 54.6 Å². The van der Waals surface area contributed by atoms with Gasteiger partial charge in [-0.15, -0.1) is 0 Å². The second-order valence-corrected chi connectivity index (χ2v) is 6.45. The highest BCUT2D eigenvalue weighted by molar-refractivity contribution is 5.35. The topological polar surface area (TPSA) is 0 Å². The van der Waals surface area contributed by atoms with Crippen molar-refractivity contribution in [3.05, 3.63) is 105 Å². The van der Waals surface area contributed by atoms with E-state index in [1.54, 1.807) is 31.2 Å². The highest BCUT2D eigenvalue weighted by Gasteiger charge is 2.15. The molecule has 0 N–H and O–H groups in total. The first-order chi connectivity index (χ1) is 11.9. The number of hydrogen-bond acceptors (Lipinski definition) is 0. The highest BCUT2D eigenvalue weighted by Crippen LogP contribution is 2.23. The second kappa shape index (κ2) is 7.14. The van der Waals surface area contributed by atoms with Crippen molar-refractivity contribution in [3.8, 4) is 0 Å². The SMILES string of the molecule is Cc1ccc(Cc2ccc(Cc3ccc(C)cc3F)c(F)c2F)cc1. The largest absolute Gasteiger partial charge is 0.207 e. The van der Waals surface area contributed by atoms with E-state index in [1.165, 1.54) is 6.07 Å². The van der Waals surface area contributed by atoms with E-state index in [2.05, 4.69) is 0 Å². The Kier molecular flexibility index (Phi) is 4.93. The summed E-state index contributed by atoms with van der Waals surface area (Å²) >= 11 is 0. The van der Waals surface area contributed by atoms with E-state index in [1.807, 2.05) is 31.2 Å². The minimum absolute atomic E-state index is 0.0275. The van der Waals surface area contributed by atoms with Crippen molar-refractivity contribution in [2.75, 3.05) is 0 Å². The van der Waals surface area contributed by atoms with E-state index < -0.39 is 17.5 Å². The number of hydrogen-bond donors (Lipinski definition) is 0. The van der Waals surface area contributed by atoms with Gasteiger partial charge < -0.3 is 0 Å². The van der Waals surface area contributed by atoms with Gasteiger partial charge in [-0.3, -0.25) is 0 Å². The molecule has 3 aromatic rings. The summed E-state index contributed by atoms with van der Waals surface area (Å²) in [6.07, 6.45) is 0.349. The smallest absolute Gasteiger partial charge is 0.162 e. The predicted molar refractivity (Wildman–Crippen MR) is 94.3 cm³/mol. The molecule has 3 aromatic carbocycles. The fourth-order valence-electron chi connectivity index (χ4n) is 2.83. The Morgan fingerprint density at radius 3 is 1.72 bits per heavy atom. The molecular formula is C22H19F3. The first-order valence-corrected chi connectivity index (χ1v) is 8.20. The maximum absolute atomic E-state index is 14.4. The van der Waals surface area contributed by atoms with Crippen molar-refractivity contribution < 1.29 is 13.2 Å². The molecule has 128 valence electrons. The molecule has 0 aliphatic carbocycles. The molecule has 0 fully saturated rings. The summed E-state index contributed by atoms with van der Waals surface area (Å²) in [6.45, 7) is 3.76. The third-order valence-electron chi connectivity index (χ3n) is 4.35. The summed E-state index contributed by atoms with van der Waals surface area (Å²) in [4.78, 5) is 0. The standard InChI is InChI=1S/C22H19F3/c1-14-3-6-16(7-4-14)12-18-9-10-19(22(25)21(18)24)13-17-8-5-15(2)11-20(17)23/h3-11H,12-13H2,1-2H3. The molecule has 0 spiro atoms. The molecule has 0 unspecified atom stereocenters. The van der Waals surface area contributed by atoms with Crippen LogP contribution in [0, 0.1) is 31.3 Å². The average molecular weight is 340 g/mol. The predicted octanol–water partition coefficient (Wildman–Crippen LogP) is 5.90. The quantitative estimate of drug-likeness (QED) is 0.554. The summed E-state index contributed by atoms with van der Waals surface area (Å²) in [6, 6.07) is 15.6. The number of aryl methyl sites for hydroxylation is 2. The summed E-state index contributed by atoms with van der Waals surface area (Å²) < 4.78 is 42.8. The van der Waals surface area contributed by atoms with E-state index in [4.69, 9.17) is 0 Å². The molecule has 25 heavy (non-hydrogen) atoms. The first kappa shape index (κ1) is 17.3. The van der Waals surface area contributed by atoms with Gasteiger partial charge in [0, 0.05) is 12.8 Å². The lowest BCUT2D eigenvalue weighted by Gasteiger charge is -2.10. The van der Waals surface area contributed by atoms with Crippen LogP contribution in [-0.4, -0.2) is 0 Å². The zero-order valence-corrected chi connectivity index (χ0v) is 14.2. The number of benzene rings is 3. The molecule has 0 aliphatic heterocycles. The van der Waals surface area contributed by atoms with E-state index >= 15 is 0 Å². The van der Waals surface area contributed by atoms with Gasteiger partial charge in [0.05, 0.1) is 0 Å². The van der Waals surface area contributed by atoms with Gasteiger partial charge in [-0.05, 0) is 47.7 Å². The van der Waals surface area contributed by atoms with Crippen molar-refractivity contribution in [3.63, 3.8) is 0 Å². The van der Waals surface area contributed by atoms with Gasteiger partial charge in [-0.1, -0.05) is 54.1 Å². The van der Waals surface area contributed by atoms with Crippen LogP contribution in [0.1, 0.15) is 33.4 Å². The maximum Gasteiger partial charge on any atom is 0.162 e. The zero-order chi connectivity index (χ0) is 18.0. The van der Waals surface area contributed by atoms with Crippen molar-refractivity contribution in [2.24, 2.45) is 0 Å². The Morgan fingerprint density at radius 1 is 0.600 bits per heavy atom. The van der Waals surface area contributed by atoms with Crippen molar-refractivity contribution in [1.29, 1.82) is 0 Å². The molecule has 0 nitrogen and oxygen atoms in total. The van der Waals surface area contributed by atoms with E-state index in [-0.39, 0.29) is 12.0 Å². The van der Waals surface area contributed by atoms with Crippen LogP contribution >= 0.6 is 0 Å². The van der Waals surface area contributed by atoms with Crippen LogP contribution in [0.5, 0.6) is 0 Å². The van der Waals surface area contributed by atoms with Gasteiger partial charge in [0.15, 0.2) is 11.6 Å². The minimum Gasteiger partial charge on any atom is -0.207 e. The molecule has 0 aliphatic rings. The fraction of sp³-hybridized carbons (Fsp3) is 0.182. The minimum atomic E-state index is -0.899. The first-order valence-electron chi connectivity index (χ1n) is 8.20. The molecule has 0 aromatic heterocycles. The Balaban J connectivity index is 1.85. The lowest BCUT2D eigenvalue weighted by Crippen LogP contribution is -2.02. The highest BCUT2D eigenvalue weighted by atomic mass is 19.2. The van der Waals surface area contributed by atoms with Crippen molar-refractivity contribution >= 4 is 0 Å². The Labute approximate surface area is 146 Å². The molecule has 3 rings (SSSR count). The Morgan fingerprint density at radius 2 is 1.12 bits per heavy atom. The summed E-state index contributed by atoms with van der Waals surface area (Å²) in [5.74, 6) is -2.15. The molecule has 0 radical (unpaired) electrons. The van der Waals surface area contributed by atoms with Crippen LogP contribution in [0.3, 0.4) is 0 Å². The number of halogens is 3. The average Bonchev–Trinajstić information content (AvgIpc) is 2.58. The molecule has 0 saturated carbocycles. The van der Waals surface area contributed by atoms with E-state index in [0.29, 0.717) is 17.5 Å². The number of rotatable bonds is 4. The second-order valence-electron chi connectivity index (χ2n) is 6.45. The molecule has 0 atom stereocenters. The van der Waals surface area contributed by atoms with Gasteiger partial charge in [0.1, 0.15) is 5.82 Å². The lowest BCUT2D eigenvalue weighted by molar-refractivity contribution is 0.492. The van der Waals surface area contributed by atoms with Crippen molar-refractivity contribution in [1.82, 2.24) is 0 Å². The normalized spacial score (nSPS) is 10.9. The third kappa shape index (κ3) is 3.93.